The first kappa shape index (κ1) is 14.8. The molecule has 2 rings (SSSR count). The summed E-state index contributed by atoms with van der Waals surface area (Å²) in [6.45, 7) is 6.89. The minimum Gasteiger partial charge on any atom is -0.353 e. The molecular weight excluding hydrogens is 278 g/mol. The molecule has 7 nitrogen and oxygen atoms in total. The Labute approximate surface area is 122 Å². The Hall–Kier alpha value is -1.57. The van der Waals surface area contributed by atoms with Gasteiger partial charge < -0.3 is 14.8 Å². The molecule has 2 heterocycles. The van der Waals surface area contributed by atoms with E-state index in [4.69, 9.17) is 0 Å². The largest absolute Gasteiger partial charge is 0.353 e. The third-order valence-electron chi connectivity index (χ3n) is 3.24. The molecule has 1 aromatic rings. The lowest BCUT2D eigenvalue weighted by Crippen LogP contribution is -2.56. The number of piperazine rings is 1. The summed E-state index contributed by atoms with van der Waals surface area (Å²) in [7, 11) is 0. The topological polar surface area (TPSA) is 80.1 Å². The van der Waals surface area contributed by atoms with E-state index in [1.807, 2.05) is 18.4 Å². The lowest BCUT2D eigenvalue weighted by molar-refractivity contribution is -0.140. The normalized spacial score (nSPS) is 19.3. The fourth-order valence-corrected chi connectivity index (χ4v) is 2.95. The van der Waals surface area contributed by atoms with Crippen molar-refractivity contribution in [3.05, 3.63) is 6.33 Å². The van der Waals surface area contributed by atoms with Gasteiger partial charge >= 0.3 is 0 Å². The van der Waals surface area contributed by atoms with E-state index in [-0.39, 0.29) is 23.6 Å². The fraction of sp³-hybridized carbons (Fsp3) is 0.667. The number of carbonyl (C=O) groups is 2. The monoisotopic (exact) mass is 297 g/mol. The molecule has 1 aliphatic rings. The van der Waals surface area contributed by atoms with Crippen molar-refractivity contribution in [2.75, 3.05) is 18.8 Å². The summed E-state index contributed by atoms with van der Waals surface area (Å²) in [5.41, 5.74) is 0. The van der Waals surface area contributed by atoms with Gasteiger partial charge in [-0.3, -0.25) is 9.59 Å². The molecule has 0 saturated carbocycles. The lowest BCUT2D eigenvalue weighted by Gasteiger charge is -2.32. The first-order valence-electron chi connectivity index (χ1n) is 6.60. The summed E-state index contributed by atoms with van der Waals surface area (Å²) in [5, 5.41) is 11.3. The average Bonchev–Trinajstić information content (AvgIpc) is 2.87. The van der Waals surface area contributed by atoms with Crippen LogP contribution in [0.25, 0.3) is 0 Å². The zero-order valence-corrected chi connectivity index (χ0v) is 12.7. The molecule has 0 radical (unpaired) electrons. The maximum absolute atomic E-state index is 12.2. The van der Waals surface area contributed by atoms with Gasteiger partial charge in [-0.1, -0.05) is 11.8 Å². The first-order chi connectivity index (χ1) is 9.50. The molecule has 20 heavy (non-hydrogen) atoms. The Balaban J connectivity index is 1.95. The van der Waals surface area contributed by atoms with Crippen LogP contribution in [0.2, 0.25) is 0 Å². The number of hydrogen-bond donors (Lipinski definition) is 1. The number of amides is 2. The van der Waals surface area contributed by atoms with Gasteiger partial charge in [0.15, 0.2) is 5.16 Å². The molecule has 1 unspecified atom stereocenters. The van der Waals surface area contributed by atoms with E-state index in [0.29, 0.717) is 13.1 Å². The maximum Gasteiger partial charge on any atom is 0.242 e. The van der Waals surface area contributed by atoms with Crippen molar-refractivity contribution < 1.29 is 9.59 Å². The van der Waals surface area contributed by atoms with Crippen LogP contribution >= 0.6 is 11.8 Å². The molecular formula is C12H19N5O2S. The molecule has 110 valence electrons. The smallest absolute Gasteiger partial charge is 0.242 e. The Kier molecular flexibility index (Phi) is 4.64. The fourth-order valence-electron chi connectivity index (χ4n) is 2.02. The van der Waals surface area contributed by atoms with E-state index >= 15 is 0 Å². The van der Waals surface area contributed by atoms with Crippen molar-refractivity contribution in [3.8, 4) is 0 Å². The molecule has 1 N–H and O–H groups in total. The van der Waals surface area contributed by atoms with E-state index in [9.17, 15) is 9.59 Å². The highest BCUT2D eigenvalue weighted by Crippen LogP contribution is 2.19. The predicted octanol–water partition coefficient (Wildman–Crippen LogP) is 0.298. The molecule has 1 atom stereocenters. The zero-order chi connectivity index (χ0) is 14.7. The minimum absolute atomic E-state index is 0.0457. The maximum atomic E-state index is 12.2. The Morgan fingerprint density at radius 2 is 2.35 bits per heavy atom. The molecule has 2 amide bonds. The minimum atomic E-state index is -0.403. The van der Waals surface area contributed by atoms with Gasteiger partial charge in [-0.15, -0.1) is 10.2 Å². The van der Waals surface area contributed by atoms with Gasteiger partial charge in [-0.25, -0.2) is 0 Å². The molecule has 1 saturated heterocycles. The van der Waals surface area contributed by atoms with Gasteiger partial charge in [0, 0.05) is 19.1 Å². The van der Waals surface area contributed by atoms with Crippen molar-refractivity contribution in [3.63, 3.8) is 0 Å². The van der Waals surface area contributed by atoms with E-state index in [1.165, 1.54) is 11.8 Å². The summed E-state index contributed by atoms with van der Waals surface area (Å²) in [6, 6.07) is -0.151. The third kappa shape index (κ3) is 3.12. The second-order valence-corrected chi connectivity index (χ2v) is 5.90. The average molecular weight is 297 g/mol. The van der Waals surface area contributed by atoms with Crippen molar-refractivity contribution in [2.45, 2.75) is 38.0 Å². The quantitative estimate of drug-likeness (QED) is 0.808. The van der Waals surface area contributed by atoms with Crippen LogP contribution in [0, 0.1) is 0 Å². The van der Waals surface area contributed by atoms with Gasteiger partial charge in [0.2, 0.25) is 11.8 Å². The second kappa shape index (κ2) is 6.25. The Bertz CT molecular complexity index is 502. The number of rotatable bonds is 4. The molecule has 0 bridgehead atoms. The lowest BCUT2D eigenvalue weighted by atomic mass is 10.2. The van der Waals surface area contributed by atoms with E-state index in [1.54, 1.807) is 18.2 Å². The molecule has 0 spiro atoms. The Morgan fingerprint density at radius 3 is 3.05 bits per heavy atom. The van der Waals surface area contributed by atoms with Crippen LogP contribution in [0.15, 0.2) is 11.5 Å². The highest BCUT2D eigenvalue weighted by atomic mass is 32.2. The highest BCUT2D eigenvalue weighted by Gasteiger charge is 2.29. The second-order valence-electron chi connectivity index (χ2n) is 4.96. The molecule has 0 aliphatic carbocycles. The van der Waals surface area contributed by atoms with Gasteiger partial charge in [0.05, 0.1) is 5.75 Å². The summed E-state index contributed by atoms with van der Waals surface area (Å²) in [6.07, 6.45) is 1.66. The number of carbonyl (C=O) groups excluding carboxylic acids is 2. The number of hydrogen-bond acceptors (Lipinski definition) is 5. The van der Waals surface area contributed by atoms with Crippen molar-refractivity contribution >= 4 is 23.6 Å². The van der Waals surface area contributed by atoms with E-state index < -0.39 is 6.04 Å². The summed E-state index contributed by atoms with van der Waals surface area (Å²) < 4.78 is 1.92. The van der Waals surface area contributed by atoms with Crippen LogP contribution in [0.3, 0.4) is 0 Å². The number of thioether (sulfide) groups is 1. The van der Waals surface area contributed by atoms with Crippen LogP contribution in [-0.4, -0.2) is 56.4 Å². The molecule has 1 aromatic heterocycles. The van der Waals surface area contributed by atoms with E-state index in [0.717, 1.165) is 5.16 Å². The standard InChI is InChI=1S/C12H19N5O2S/c1-8(2)17-7-14-15-12(17)20-6-10(18)16-5-4-13-11(19)9(16)3/h7-9H,4-6H2,1-3H3,(H,13,19). The summed E-state index contributed by atoms with van der Waals surface area (Å²) in [5.74, 6) is 0.124. The molecule has 1 aliphatic heterocycles. The van der Waals surface area contributed by atoms with Crippen LogP contribution in [0.5, 0.6) is 0 Å². The van der Waals surface area contributed by atoms with Crippen molar-refractivity contribution in [2.24, 2.45) is 0 Å². The predicted molar refractivity (Wildman–Crippen MR) is 75.3 cm³/mol. The third-order valence-corrected chi connectivity index (χ3v) is 4.18. The van der Waals surface area contributed by atoms with Crippen molar-refractivity contribution in [1.82, 2.24) is 25.0 Å². The van der Waals surface area contributed by atoms with E-state index in [2.05, 4.69) is 15.5 Å². The summed E-state index contributed by atoms with van der Waals surface area (Å²) in [4.78, 5) is 25.4. The van der Waals surface area contributed by atoms with Gasteiger partial charge in [0.1, 0.15) is 12.4 Å². The molecule has 8 heteroatoms. The molecule has 1 fully saturated rings. The first-order valence-corrected chi connectivity index (χ1v) is 7.58. The zero-order valence-electron chi connectivity index (χ0n) is 11.9. The van der Waals surface area contributed by atoms with Crippen LogP contribution in [0.4, 0.5) is 0 Å². The van der Waals surface area contributed by atoms with Gasteiger partial charge in [-0.2, -0.15) is 0 Å². The summed E-state index contributed by atoms with van der Waals surface area (Å²) >= 11 is 1.35. The Morgan fingerprint density at radius 1 is 1.60 bits per heavy atom. The highest BCUT2D eigenvalue weighted by molar-refractivity contribution is 7.99. The van der Waals surface area contributed by atoms with Gasteiger partial charge in [0.25, 0.3) is 0 Å². The SMILES string of the molecule is CC1C(=O)NCCN1C(=O)CSc1nncn1C(C)C. The molecule has 0 aromatic carbocycles. The number of aromatic nitrogens is 3. The van der Waals surface area contributed by atoms with Crippen LogP contribution in [-0.2, 0) is 9.59 Å². The van der Waals surface area contributed by atoms with Crippen LogP contribution < -0.4 is 5.32 Å². The van der Waals surface area contributed by atoms with Crippen molar-refractivity contribution in [1.29, 1.82) is 0 Å². The number of nitrogens with one attached hydrogen (secondary N) is 1. The number of nitrogens with zero attached hydrogens (tertiary/aromatic N) is 4. The van der Waals surface area contributed by atoms with Crippen LogP contribution in [0.1, 0.15) is 26.8 Å². The van der Waals surface area contributed by atoms with Gasteiger partial charge in [-0.05, 0) is 20.8 Å².